The number of carbonyl (C=O) groups excluding carboxylic acids is 1. The van der Waals surface area contributed by atoms with E-state index >= 15 is 0 Å². The van der Waals surface area contributed by atoms with Gasteiger partial charge in [0.05, 0.1) is 34.4 Å². The zero-order valence-electron chi connectivity index (χ0n) is 40.9. The minimum atomic E-state index is -4.28. The molecule has 2 atom stereocenters. The monoisotopic (exact) mass is 883 g/mol. The maximum atomic E-state index is 12.8. The molecule has 9 heteroatoms. The summed E-state index contributed by atoms with van der Waals surface area (Å²) < 4.78 is 35.2. The maximum Gasteiger partial charge on any atom is 0.472 e. The molecule has 0 spiro atoms. The molecule has 360 valence electrons. The molecule has 0 bridgehead atoms. The lowest BCUT2D eigenvalue weighted by Crippen LogP contribution is -2.37. The number of likely N-dealkylation sites (N-methyl/N-ethyl adjacent to an activating group) is 1. The number of rotatable bonds is 48. The second-order valence-electron chi connectivity index (χ2n) is 18.6. The molecule has 0 saturated carbocycles. The number of unbranched alkanes of at least 4 members (excludes halogenated alkanes) is 28. The molecule has 2 unspecified atom stereocenters. The van der Waals surface area contributed by atoms with E-state index in [1.165, 1.54) is 161 Å². The first-order valence-electron chi connectivity index (χ1n) is 25.7. The van der Waals surface area contributed by atoms with Crippen molar-refractivity contribution in [3.05, 3.63) is 36.5 Å². The van der Waals surface area contributed by atoms with Crippen molar-refractivity contribution in [1.29, 1.82) is 0 Å². The summed E-state index contributed by atoms with van der Waals surface area (Å²) in [4.78, 5) is 23.0. The van der Waals surface area contributed by atoms with Gasteiger partial charge >= 0.3 is 13.8 Å². The Hall–Kier alpha value is -1.28. The lowest BCUT2D eigenvalue weighted by molar-refractivity contribution is -0.870. The van der Waals surface area contributed by atoms with E-state index < -0.39 is 13.9 Å². The van der Waals surface area contributed by atoms with Crippen LogP contribution in [-0.2, 0) is 27.9 Å². The number of quaternary nitrogens is 1. The molecule has 0 aromatic carbocycles. The van der Waals surface area contributed by atoms with Crippen molar-refractivity contribution in [2.45, 2.75) is 238 Å². The number of phosphoric ester groups is 1. The Bertz CT molecular complexity index is 1070. The van der Waals surface area contributed by atoms with Gasteiger partial charge in [-0.1, -0.05) is 211 Å². The van der Waals surface area contributed by atoms with Crippen LogP contribution in [0, 0.1) is 0 Å². The van der Waals surface area contributed by atoms with Crippen molar-refractivity contribution in [1.82, 2.24) is 0 Å². The minimum absolute atomic E-state index is 0.0876. The van der Waals surface area contributed by atoms with Gasteiger partial charge in [-0.05, 0) is 51.4 Å². The van der Waals surface area contributed by atoms with E-state index in [1.807, 2.05) is 21.1 Å². The topological polar surface area (TPSA) is 91.3 Å². The van der Waals surface area contributed by atoms with E-state index in [-0.39, 0.29) is 25.8 Å². The quantitative estimate of drug-likeness (QED) is 0.0214. The van der Waals surface area contributed by atoms with Crippen molar-refractivity contribution in [3.8, 4) is 0 Å². The lowest BCUT2D eigenvalue weighted by Gasteiger charge is -2.24. The molecule has 61 heavy (non-hydrogen) atoms. The molecular formula is C52H101NO7P+. The number of hydrogen-bond donors (Lipinski definition) is 1. The highest BCUT2D eigenvalue weighted by Gasteiger charge is 2.26. The van der Waals surface area contributed by atoms with Gasteiger partial charge in [-0.25, -0.2) is 4.57 Å². The molecule has 0 radical (unpaired) electrons. The van der Waals surface area contributed by atoms with Crippen LogP contribution >= 0.6 is 7.82 Å². The number of ether oxygens (including phenoxy) is 2. The summed E-state index contributed by atoms with van der Waals surface area (Å²) in [5.41, 5.74) is 0. The lowest BCUT2D eigenvalue weighted by atomic mass is 10.0. The van der Waals surface area contributed by atoms with E-state index in [1.54, 1.807) is 0 Å². The Morgan fingerprint density at radius 2 is 0.902 bits per heavy atom. The van der Waals surface area contributed by atoms with Crippen molar-refractivity contribution in [2.24, 2.45) is 0 Å². The van der Waals surface area contributed by atoms with Crippen LogP contribution in [0.5, 0.6) is 0 Å². The second kappa shape index (κ2) is 45.3. The number of nitrogens with zero attached hydrogens (tertiary/aromatic N) is 1. The predicted octanol–water partition coefficient (Wildman–Crippen LogP) is 15.7. The van der Waals surface area contributed by atoms with Gasteiger partial charge in [-0.3, -0.25) is 13.8 Å². The summed E-state index contributed by atoms with van der Waals surface area (Å²) in [5, 5.41) is 0. The number of hydrogen-bond acceptors (Lipinski definition) is 6. The zero-order valence-corrected chi connectivity index (χ0v) is 41.8. The maximum absolute atomic E-state index is 12.8. The van der Waals surface area contributed by atoms with Crippen LogP contribution in [-0.4, -0.2) is 75.6 Å². The fourth-order valence-electron chi connectivity index (χ4n) is 7.21. The number of allylic oxidation sites excluding steroid dienone is 6. The largest absolute Gasteiger partial charge is 0.472 e. The molecule has 8 nitrogen and oxygen atoms in total. The van der Waals surface area contributed by atoms with Crippen molar-refractivity contribution in [2.75, 3.05) is 54.1 Å². The summed E-state index contributed by atoms with van der Waals surface area (Å²) >= 11 is 0. The van der Waals surface area contributed by atoms with Crippen molar-refractivity contribution >= 4 is 13.8 Å². The highest BCUT2D eigenvalue weighted by Crippen LogP contribution is 2.43. The Kier molecular flexibility index (Phi) is 44.3. The van der Waals surface area contributed by atoms with E-state index in [0.717, 1.165) is 51.4 Å². The van der Waals surface area contributed by atoms with E-state index in [0.29, 0.717) is 24.1 Å². The van der Waals surface area contributed by atoms with Gasteiger partial charge < -0.3 is 18.9 Å². The average Bonchev–Trinajstić information content (AvgIpc) is 3.22. The Balaban J connectivity index is 4.15. The van der Waals surface area contributed by atoms with Crippen LogP contribution in [0.15, 0.2) is 36.5 Å². The standard InChI is InChI=1S/C52H100NO7P/c1-6-8-10-12-14-16-18-20-22-24-26-28-30-32-34-36-38-40-42-44-47-57-49-51(50-59-61(55,56)58-48-46-53(3,4)5)60-52(54)45-43-41-39-37-35-33-31-29-27-25-23-21-19-17-15-13-11-9-7-2/h14,16,20,22,26,28,51H,6-13,15,17-19,21,23-25,27,29-50H2,1-5H3/p+1/b16-14-,22-20-,28-26-. The summed E-state index contributed by atoms with van der Waals surface area (Å²) in [7, 11) is 1.67. The van der Waals surface area contributed by atoms with Gasteiger partial charge in [0.25, 0.3) is 0 Å². The molecule has 0 heterocycles. The highest BCUT2D eigenvalue weighted by atomic mass is 31.2. The van der Waals surface area contributed by atoms with E-state index in [9.17, 15) is 14.3 Å². The Morgan fingerprint density at radius 3 is 1.38 bits per heavy atom. The highest BCUT2D eigenvalue weighted by molar-refractivity contribution is 7.47. The molecule has 0 fully saturated rings. The summed E-state index contributed by atoms with van der Waals surface area (Å²) in [6.45, 7) is 5.61. The third-order valence-electron chi connectivity index (χ3n) is 11.2. The van der Waals surface area contributed by atoms with Gasteiger partial charge in [-0.2, -0.15) is 0 Å². The number of esters is 1. The Morgan fingerprint density at radius 1 is 0.508 bits per heavy atom. The van der Waals surface area contributed by atoms with Gasteiger partial charge in [0.2, 0.25) is 0 Å². The fourth-order valence-corrected chi connectivity index (χ4v) is 7.95. The normalized spacial score (nSPS) is 13.9. The molecule has 0 aliphatic carbocycles. The first-order valence-corrected chi connectivity index (χ1v) is 27.2. The third kappa shape index (κ3) is 49.6. The van der Waals surface area contributed by atoms with Crippen molar-refractivity contribution < 1.29 is 37.3 Å². The Labute approximate surface area is 378 Å². The van der Waals surface area contributed by atoms with Crippen LogP contribution in [0.4, 0.5) is 0 Å². The molecule has 0 saturated heterocycles. The smallest absolute Gasteiger partial charge is 0.457 e. The van der Waals surface area contributed by atoms with Crippen LogP contribution in [0.2, 0.25) is 0 Å². The van der Waals surface area contributed by atoms with Gasteiger partial charge in [0, 0.05) is 13.0 Å². The minimum Gasteiger partial charge on any atom is -0.457 e. The molecule has 0 rings (SSSR count). The summed E-state index contributed by atoms with van der Waals surface area (Å²) in [6, 6.07) is 0. The van der Waals surface area contributed by atoms with Crippen LogP contribution in [0.25, 0.3) is 0 Å². The zero-order chi connectivity index (χ0) is 44.8. The van der Waals surface area contributed by atoms with Crippen LogP contribution < -0.4 is 0 Å². The van der Waals surface area contributed by atoms with Gasteiger partial charge in [0.1, 0.15) is 19.3 Å². The van der Waals surface area contributed by atoms with E-state index in [2.05, 4.69) is 50.3 Å². The SMILES string of the molecule is CCCCC/C=C\C/C=C\C/C=C\CCCCCCCCCOCC(COP(=O)(O)OCC[N+](C)(C)C)OC(=O)CCCCCCCCCCCCCCCCCCCCC. The van der Waals surface area contributed by atoms with E-state index in [4.69, 9.17) is 18.5 Å². The van der Waals surface area contributed by atoms with Gasteiger partial charge in [-0.15, -0.1) is 0 Å². The van der Waals surface area contributed by atoms with Crippen LogP contribution in [0.1, 0.15) is 232 Å². The molecule has 0 aliphatic rings. The molecule has 0 aromatic rings. The number of carbonyl (C=O) groups is 1. The molecule has 1 N–H and O–H groups in total. The first-order chi connectivity index (χ1) is 29.6. The third-order valence-corrected chi connectivity index (χ3v) is 12.2. The van der Waals surface area contributed by atoms with Crippen molar-refractivity contribution in [3.63, 3.8) is 0 Å². The summed E-state index contributed by atoms with van der Waals surface area (Å²) in [5.74, 6) is -0.313. The fraction of sp³-hybridized carbons (Fsp3) is 0.865. The predicted molar refractivity (Wildman–Crippen MR) is 261 cm³/mol. The molecule has 0 aliphatic heterocycles. The number of phosphoric acid groups is 1. The average molecular weight is 883 g/mol. The van der Waals surface area contributed by atoms with Gasteiger partial charge in [0.15, 0.2) is 0 Å². The summed E-state index contributed by atoms with van der Waals surface area (Å²) in [6.07, 6.45) is 54.7. The molecule has 0 amide bonds. The second-order valence-corrected chi connectivity index (χ2v) is 20.0. The molecule has 0 aromatic heterocycles. The molecular weight excluding hydrogens is 782 g/mol. The van der Waals surface area contributed by atoms with Crippen LogP contribution in [0.3, 0.4) is 0 Å². The first kappa shape index (κ1) is 59.7.